The molecule has 4 rings (SSSR count). The molecule has 0 aromatic heterocycles. The Labute approximate surface area is 214 Å². The highest BCUT2D eigenvalue weighted by atomic mass is 16.6. The topological polar surface area (TPSA) is 54.0 Å². The van der Waals surface area contributed by atoms with Crippen molar-refractivity contribution < 1.29 is 23.7 Å². The van der Waals surface area contributed by atoms with E-state index in [2.05, 4.69) is 24.3 Å². The number of ether oxygens (including phenoxy) is 4. The highest BCUT2D eigenvalue weighted by Gasteiger charge is 2.40. The van der Waals surface area contributed by atoms with Crippen LogP contribution in [0.25, 0.3) is 0 Å². The first kappa shape index (κ1) is 26.2. The minimum absolute atomic E-state index is 0.0865. The molecule has 1 aliphatic heterocycles. The van der Waals surface area contributed by atoms with Gasteiger partial charge in [-0.15, -0.1) is 0 Å². The van der Waals surface area contributed by atoms with E-state index < -0.39 is 0 Å². The van der Waals surface area contributed by atoms with E-state index in [4.69, 9.17) is 18.9 Å². The van der Waals surface area contributed by atoms with Crippen LogP contribution < -0.4 is 0 Å². The van der Waals surface area contributed by atoms with Crippen molar-refractivity contribution in [3.8, 4) is 0 Å². The second-order valence-electron chi connectivity index (χ2n) is 9.37. The Balaban J connectivity index is 1.47. The summed E-state index contributed by atoms with van der Waals surface area (Å²) in [6.45, 7) is 3.47. The van der Waals surface area contributed by atoms with Crippen molar-refractivity contribution in [2.24, 2.45) is 0 Å². The molecule has 0 N–H and O–H groups in total. The molecule has 3 aromatic rings. The second-order valence-corrected chi connectivity index (χ2v) is 9.37. The number of carbonyl (C=O) groups is 1. The van der Waals surface area contributed by atoms with Gasteiger partial charge < -0.3 is 23.7 Å². The van der Waals surface area contributed by atoms with Crippen molar-refractivity contribution in [3.63, 3.8) is 0 Å². The molecule has 0 bridgehead atoms. The summed E-state index contributed by atoms with van der Waals surface area (Å²) in [5.41, 5.74) is 3.32. The van der Waals surface area contributed by atoms with E-state index in [1.807, 2.05) is 66.7 Å². The van der Waals surface area contributed by atoms with E-state index in [0.717, 1.165) is 16.7 Å². The van der Waals surface area contributed by atoms with E-state index in [1.54, 1.807) is 6.92 Å². The summed E-state index contributed by atoms with van der Waals surface area (Å²) < 4.78 is 25.5. The van der Waals surface area contributed by atoms with Crippen molar-refractivity contribution in [3.05, 3.63) is 108 Å². The van der Waals surface area contributed by atoms with Gasteiger partial charge in [-0.2, -0.15) is 0 Å². The molecule has 0 spiro atoms. The molecule has 1 fully saturated rings. The predicted molar refractivity (Wildman–Crippen MR) is 139 cm³/mol. The molecule has 1 heterocycles. The van der Waals surface area contributed by atoms with Crippen LogP contribution in [-0.2, 0) is 43.6 Å². The number of Topliss-reactive ketones (excluding diaryl/α,β-unsaturated/α-hetero) is 1. The lowest BCUT2D eigenvalue weighted by atomic mass is 9.94. The average molecular weight is 489 g/mol. The van der Waals surface area contributed by atoms with Gasteiger partial charge in [0, 0.05) is 12.8 Å². The molecule has 0 saturated carbocycles. The number of benzene rings is 3. The van der Waals surface area contributed by atoms with Crippen LogP contribution in [0, 0.1) is 0 Å². The molecule has 5 heteroatoms. The molecule has 36 heavy (non-hydrogen) atoms. The van der Waals surface area contributed by atoms with E-state index in [-0.39, 0.29) is 30.2 Å². The first-order valence-corrected chi connectivity index (χ1v) is 12.7. The summed E-state index contributed by atoms with van der Waals surface area (Å²) >= 11 is 0. The van der Waals surface area contributed by atoms with Gasteiger partial charge in [-0.05, 0) is 30.0 Å². The Morgan fingerprint density at radius 2 is 1.31 bits per heavy atom. The maximum atomic E-state index is 11.7. The molecule has 5 nitrogen and oxygen atoms in total. The first-order chi connectivity index (χ1) is 17.7. The molecular weight excluding hydrogens is 452 g/mol. The van der Waals surface area contributed by atoms with Gasteiger partial charge in [0.15, 0.2) is 0 Å². The predicted octanol–water partition coefficient (Wildman–Crippen LogP) is 5.90. The third-order valence-electron chi connectivity index (χ3n) is 6.40. The van der Waals surface area contributed by atoms with E-state index in [0.29, 0.717) is 45.7 Å². The molecule has 1 saturated heterocycles. The van der Waals surface area contributed by atoms with Crippen LogP contribution in [-0.4, -0.2) is 36.8 Å². The molecule has 3 aromatic carbocycles. The van der Waals surface area contributed by atoms with Crippen molar-refractivity contribution in [2.75, 3.05) is 6.61 Å². The highest BCUT2D eigenvalue weighted by molar-refractivity contribution is 5.75. The normalized spacial score (nSPS) is 21.8. The summed E-state index contributed by atoms with van der Waals surface area (Å²) in [5, 5.41) is 0. The van der Waals surface area contributed by atoms with Crippen LogP contribution in [0.15, 0.2) is 91.0 Å². The number of ketones is 1. The monoisotopic (exact) mass is 488 g/mol. The van der Waals surface area contributed by atoms with Crippen molar-refractivity contribution in [1.29, 1.82) is 0 Å². The van der Waals surface area contributed by atoms with Gasteiger partial charge in [0.1, 0.15) is 18.0 Å². The van der Waals surface area contributed by atoms with Gasteiger partial charge in [-0.1, -0.05) is 91.0 Å². The number of hydrogen-bond acceptors (Lipinski definition) is 5. The fraction of sp³-hybridized carbons (Fsp3) is 0.387. The van der Waals surface area contributed by atoms with Crippen molar-refractivity contribution in [2.45, 2.75) is 70.4 Å². The van der Waals surface area contributed by atoms with Crippen molar-refractivity contribution >= 4 is 5.78 Å². The van der Waals surface area contributed by atoms with Gasteiger partial charge in [-0.25, -0.2) is 0 Å². The Bertz CT molecular complexity index is 1020. The lowest BCUT2D eigenvalue weighted by Gasteiger charge is -2.41. The van der Waals surface area contributed by atoms with E-state index in [1.165, 1.54) is 0 Å². The van der Waals surface area contributed by atoms with Crippen LogP contribution in [0.5, 0.6) is 0 Å². The first-order valence-electron chi connectivity index (χ1n) is 12.7. The average Bonchev–Trinajstić information content (AvgIpc) is 2.92. The van der Waals surface area contributed by atoms with Crippen LogP contribution in [0.3, 0.4) is 0 Å². The Hall–Kier alpha value is -2.83. The fourth-order valence-corrected chi connectivity index (χ4v) is 4.49. The lowest BCUT2D eigenvalue weighted by molar-refractivity contribution is -0.221. The summed E-state index contributed by atoms with van der Waals surface area (Å²) in [6.07, 6.45) is 0.975. The zero-order chi connectivity index (χ0) is 25.0. The van der Waals surface area contributed by atoms with Crippen molar-refractivity contribution in [1.82, 2.24) is 0 Å². The molecule has 0 aliphatic carbocycles. The van der Waals surface area contributed by atoms with Gasteiger partial charge in [0.05, 0.1) is 38.6 Å². The third kappa shape index (κ3) is 8.38. The molecular formula is C31H36O5. The fourth-order valence-electron chi connectivity index (χ4n) is 4.49. The van der Waals surface area contributed by atoms with Crippen LogP contribution in [0.2, 0.25) is 0 Å². The van der Waals surface area contributed by atoms with Crippen LogP contribution in [0.1, 0.15) is 42.9 Å². The van der Waals surface area contributed by atoms with Crippen LogP contribution >= 0.6 is 0 Å². The van der Waals surface area contributed by atoms with Gasteiger partial charge in [0.2, 0.25) is 0 Å². The summed E-state index contributed by atoms with van der Waals surface area (Å²) in [7, 11) is 0. The minimum Gasteiger partial charge on any atom is -0.374 e. The zero-order valence-electron chi connectivity index (χ0n) is 21.0. The van der Waals surface area contributed by atoms with E-state index >= 15 is 0 Å². The summed E-state index contributed by atoms with van der Waals surface area (Å²) in [6, 6.07) is 30.4. The minimum atomic E-state index is -0.302. The largest absolute Gasteiger partial charge is 0.374 e. The third-order valence-corrected chi connectivity index (χ3v) is 6.40. The number of carbonyl (C=O) groups excluding carboxylic acids is 1. The molecule has 0 amide bonds. The highest BCUT2D eigenvalue weighted by Crippen LogP contribution is 2.30. The number of rotatable bonds is 13. The number of hydrogen-bond donors (Lipinski definition) is 0. The Morgan fingerprint density at radius 3 is 1.86 bits per heavy atom. The van der Waals surface area contributed by atoms with Crippen LogP contribution in [0.4, 0.5) is 0 Å². The maximum absolute atomic E-state index is 11.7. The Kier molecular flexibility index (Phi) is 10.2. The summed E-state index contributed by atoms with van der Waals surface area (Å²) in [5.74, 6) is 0.166. The second kappa shape index (κ2) is 14.0. The zero-order valence-corrected chi connectivity index (χ0v) is 21.0. The SMILES string of the molecule is CC(=O)CC[C@@H]1C[C@@H](OCc2ccccc2)[C@H](OCc2ccccc2)[C@@H](COCc2ccccc2)O1. The van der Waals surface area contributed by atoms with Gasteiger partial charge >= 0.3 is 0 Å². The molecule has 190 valence electrons. The molecule has 1 aliphatic rings. The quantitative estimate of drug-likeness (QED) is 0.300. The molecule has 0 radical (unpaired) electrons. The lowest BCUT2D eigenvalue weighted by Crippen LogP contribution is -2.52. The molecule has 0 unspecified atom stereocenters. The molecule has 4 atom stereocenters. The van der Waals surface area contributed by atoms with E-state index in [9.17, 15) is 4.79 Å². The smallest absolute Gasteiger partial charge is 0.129 e. The standard InChI is InChI=1S/C31H36O5/c1-24(32)17-18-28-19-29(34-21-26-13-7-3-8-14-26)31(35-22-27-15-9-4-10-16-27)30(36-28)23-33-20-25-11-5-2-6-12-25/h2-16,28-31H,17-23H2,1H3/t28-,29-,30-,31+/m1/s1. The summed E-state index contributed by atoms with van der Waals surface area (Å²) in [4.78, 5) is 11.7. The Morgan fingerprint density at radius 1 is 0.778 bits per heavy atom. The maximum Gasteiger partial charge on any atom is 0.129 e. The van der Waals surface area contributed by atoms with Gasteiger partial charge in [-0.3, -0.25) is 0 Å². The van der Waals surface area contributed by atoms with Gasteiger partial charge in [0.25, 0.3) is 0 Å².